The lowest BCUT2D eigenvalue weighted by atomic mass is 10.1. The lowest BCUT2D eigenvalue weighted by Crippen LogP contribution is -2.02. The van der Waals surface area contributed by atoms with Gasteiger partial charge in [0.1, 0.15) is 11.6 Å². The highest BCUT2D eigenvalue weighted by Gasteiger charge is 2.15. The van der Waals surface area contributed by atoms with Crippen molar-refractivity contribution in [2.75, 3.05) is 0 Å². The van der Waals surface area contributed by atoms with Crippen LogP contribution in [0, 0.1) is 11.6 Å². The van der Waals surface area contributed by atoms with Crippen LogP contribution in [-0.2, 0) is 6.42 Å². The van der Waals surface area contributed by atoms with E-state index in [4.69, 9.17) is 0 Å². The van der Waals surface area contributed by atoms with E-state index in [1.807, 2.05) is 0 Å². The number of aliphatic hydroxyl groups excluding tert-OH is 1. The lowest BCUT2D eigenvalue weighted by Gasteiger charge is -2.09. The first-order valence-electron chi connectivity index (χ1n) is 5.04. The van der Waals surface area contributed by atoms with E-state index in [0.29, 0.717) is 5.56 Å². The molecule has 1 N–H and O–H groups in total. The van der Waals surface area contributed by atoms with E-state index in [2.05, 4.69) is 31.9 Å². The molecule has 18 heavy (non-hydrogen) atoms. The van der Waals surface area contributed by atoms with Gasteiger partial charge in [0, 0.05) is 21.8 Å². The Morgan fingerprint density at radius 1 is 1.22 bits per heavy atom. The van der Waals surface area contributed by atoms with E-state index < -0.39 is 17.7 Å². The van der Waals surface area contributed by atoms with Gasteiger partial charge in [-0.2, -0.15) is 0 Å². The minimum Gasteiger partial charge on any atom is -0.387 e. The van der Waals surface area contributed by atoms with E-state index in [9.17, 15) is 13.9 Å². The van der Waals surface area contributed by atoms with E-state index in [1.165, 1.54) is 23.5 Å². The second-order valence-corrected chi connectivity index (χ2v) is 6.98. The molecule has 6 heteroatoms. The molecule has 1 unspecified atom stereocenters. The van der Waals surface area contributed by atoms with Crippen LogP contribution in [0.15, 0.2) is 32.5 Å². The summed E-state index contributed by atoms with van der Waals surface area (Å²) in [6.07, 6.45) is -0.691. The zero-order valence-electron chi connectivity index (χ0n) is 8.96. The maximum absolute atomic E-state index is 13.4. The van der Waals surface area contributed by atoms with Crippen molar-refractivity contribution in [1.82, 2.24) is 0 Å². The van der Waals surface area contributed by atoms with E-state index in [1.54, 1.807) is 6.07 Å². The second kappa shape index (κ2) is 5.77. The zero-order chi connectivity index (χ0) is 13.3. The van der Waals surface area contributed by atoms with Crippen molar-refractivity contribution in [2.24, 2.45) is 0 Å². The van der Waals surface area contributed by atoms with Crippen LogP contribution in [0.3, 0.4) is 0 Å². The summed E-state index contributed by atoms with van der Waals surface area (Å²) in [4.78, 5) is 0.720. The van der Waals surface area contributed by atoms with Gasteiger partial charge in [-0.05, 0) is 49.6 Å². The smallest absolute Gasteiger partial charge is 0.129 e. The maximum atomic E-state index is 13.4. The quantitative estimate of drug-likeness (QED) is 0.786. The summed E-state index contributed by atoms with van der Waals surface area (Å²) in [5.41, 5.74) is 0.296. The molecule has 0 aliphatic heterocycles. The predicted octanol–water partition coefficient (Wildman–Crippen LogP) is 4.83. The van der Waals surface area contributed by atoms with Gasteiger partial charge in [-0.15, -0.1) is 11.3 Å². The molecule has 1 aromatic heterocycles. The first kappa shape index (κ1) is 14.1. The minimum atomic E-state index is -0.808. The normalized spacial score (nSPS) is 12.7. The van der Waals surface area contributed by atoms with E-state index in [0.717, 1.165) is 19.2 Å². The van der Waals surface area contributed by atoms with Crippen LogP contribution in [0.2, 0.25) is 0 Å². The third-order valence-electron chi connectivity index (χ3n) is 2.42. The van der Waals surface area contributed by atoms with Gasteiger partial charge >= 0.3 is 0 Å². The van der Waals surface area contributed by atoms with E-state index in [-0.39, 0.29) is 6.42 Å². The van der Waals surface area contributed by atoms with Crippen LogP contribution in [0.25, 0.3) is 0 Å². The summed E-state index contributed by atoms with van der Waals surface area (Å²) in [5.74, 6) is -1.25. The van der Waals surface area contributed by atoms with Gasteiger partial charge in [-0.1, -0.05) is 6.07 Å². The summed E-state index contributed by atoms with van der Waals surface area (Å²) in [5, 5.41) is 10.0. The van der Waals surface area contributed by atoms with Crippen molar-refractivity contribution in [3.05, 3.63) is 54.6 Å². The number of aliphatic hydroxyl groups is 1. The van der Waals surface area contributed by atoms with Crippen molar-refractivity contribution in [2.45, 2.75) is 12.5 Å². The largest absolute Gasteiger partial charge is 0.387 e. The predicted molar refractivity (Wildman–Crippen MR) is 74.7 cm³/mol. The number of rotatable bonds is 3. The van der Waals surface area contributed by atoms with Crippen molar-refractivity contribution in [3.63, 3.8) is 0 Å². The molecule has 0 aliphatic rings. The molecule has 2 aromatic rings. The van der Waals surface area contributed by atoms with Crippen LogP contribution < -0.4 is 0 Å². The van der Waals surface area contributed by atoms with Crippen molar-refractivity contribution in [3.8, 4) is 0 Å². The fourth-order valence-electron chi connectivity index (χ4n) is 1.52. The topological polar surface area (TPSA) is 20.2 Å². The third-order valence-corrected chi connectivity index (χ3v) is 5.78. The lowest BCUT2D eigenvalue weighted by molar-refractivity contribution is 0.181. The summed E-state index contributed by atoms with van der Waals surface area (Å²) in [6, 6.07) is 5.14. The molecule has 0 saturated carbocycles. The van der Waals surface area contributed by atoms with Gasteiger partial charge in [0.2, 0.25) is 0 Å². The van der Waals surface area contributed by atoms with Gasteiger partial charge in [0.05, 0.1) is 9.89 Å². The average molecular weight is 398 g/mol. The molecule has 1 aromatic carbocycles. The molecule has 0 fully saturated rings. The molecule has 0 bridgehead atoms. The third kappa shape index (κ3) is 3.17. The Labute approximate surface area is 124 Å². The molecule has 0 saturated heterocycles. The molecular weight excluding hydrogens is 390 g/mol. The summed E-state index contributed by atoms with van der Waals surface area (Å²) < 4.78 is 27.9. The fourth-order valence-corrected chi connectivity index (χ4v) is 3.60. The van der Waals surface area contributed by atoms with Gasteiger partial charge in [0.25, 0.3) is 0 Å². The van der Waals surface area contributed by atoms with Gasteiger partial charge in [-0.25, -0.2) is 8.78 Å². The molecule has 1 nitrogen and oxygen atoms in total. The molecule has 0 amide bonds. The number of benzene rings is 1. The first-order valence-corrected chi connectivity index (χ1v) is 7.44. The average Bonchev–Trinajstić information content (AvgIpc) is 2.63. The zero-order valence-corrected chi connectivity index (χ0v) is 12.9. The highest BCUT2D eigenvalue weighted by Crippen LogP contribution is 2.36. The maximum Gasteiger partial charge on any atom is 0.129 e. The summed E-state index contributed by atoms with van der Waals surface area (Å²) in [6.45, 7) is 0. The highest BCUT2D eigenvalue weighted by molar-refractivity contribution is 9.13. The van der Waals surface area contributed by atoms with Crippen molar-refractivity contribution < 1.29 is 13.9 Å². The first-order chi connectivity index (χ1) is 8.47. The summed E-state index contributed by atoms with van der Waals surface area (Å²) in [7, 11) is 0. The fraction of sp³-hybridized carbons (Fsp3) is 0.167. The Bertz CT molecular complexity index is 552. The molecule has 96 valence electrons. The number of thiophene rings is 1. The molecule has 1 heterocycles. The number of hydrogen-bond donors (Lipinski definition) is 1. The monoisotopic (exact) mass is 396 g/mol. The van der Waals surface area contributed by atoms with Gasteiger partial charge in [-0.3, -0.25) is 0 Å². The standard InChI is InChI=1S/C12H8Br2F2OS/c13-8-5-11(18-12(8)14)10(17)3-6-1-2-7(15)4-9(6)16/h1-2,4-5,10,17H,3H2. The summed E-state index contributed by atoms with van der Waals surface area (Å²) >= 11 is 8.03. The van der Waals surface area contributed by atoms with Crippen LogP contribution in [-0.4, -0.2) is 5.11 Å². The van der Waals surface area contributed by atoms with E-state index >= 15 is 0 Å². The van der Waals surface area contributed by atoms with Crippen LogP contribution >= 0.6 is 43.2 Å². The molecular formula is C12H8Br2F2OS. The minimum absolute atomic E-state index is 0.117. The Kier molecular flexibility index (Phi) is 4.53. The Morgan fingerprint density at radius 2 is 1.94 bits per heavy atom. The van der Waals surface area contributed by atoms with Gasteiger partial charge < -0.3 is 5.11 Å². The van der Waals surface area contributed by atoms with Crippen LogP contribution in [0.4, 0.5) is 8.78 Å². The second-order valence-electron chi connectivity index (χ2n) is 3.73. The Hall–Kier alpha value is -0.300. The van der Waals surface area contributed by atoms with Crippen molar-refractivity contribution in [1.29, 1.82) is 0 Å². The number of hydrogen-bond acceptors (Lipinski definition) is 2. The molecule has 0 aliphatic carbocycles. The molecule has 0 radical (unpaired) electrons. The Balaban J connectivity index is 2.18. The molecule has 2 rings (SSSR count). The van der Waals surface area contributed by atoms with Gasteiger partial charge in [0.15, 0.2) is 0 Å². The van der Waals surface area contributed by atoms with Crippen molar-refractivity contribution >= 4 is 43.2 Å². The highest BCUT2D eigenvalue weighted by atomic mass is 79.9. The SMILES string of the molecule is OC(Cc1ccc(F)cc1F)c1cc(Br)c(Br)s1. The molecule has 0 spiro atoms. The molecule has 1 atom stereocenters. The van der Waals surface area contributed by atoms with Crippen LogP contribution in [0.1, 0.15) is 16.5 Å². The van der Waals surface area contributed by atoms with Crippen LogP contribution in [0.5, 0.6) is 0 Å². The Morgan fingerprint density at radius 3 is 2.50 bits per heavy atom. The number of halogens is 4.